The lowest BCUT2D eigenvalue weighted by molar-refractivity contribution is 0.559. The lowest BCUT2D eigenvalue weighted by Gasteiger charge is -2.31. The van der Waals surface area contributed by atoms with Crippen LogP contribution in [0.1, 0.15) is 40.5 Å². The Hall–Kier alpha value is -2.22. The fourth-order valence-corrected chi connectivity index (χ4v) is 3.16. The van der Waals surface area contributed by atoms with Gasteiger partial charge in [0.1, 0.15) is 0 Å². The molecule has 0 fully saturated rings. The Kier molecular flexibility index (Phi) is 4.16. The van der Waals surface area contributed by atoms with Crippen molar-refractivity contribution in [1.82, 2.24) is 0 Å². The quantitative estimate of drug-likeness (QED) is 0.649. The van der Waals surface area contributed by atoms with Gasteiger partial charge < -0.3 is 0 Å². The van der Waals surface area contributed by atoms with Crippen molar-refractivity contribution >= 4 is 17.1 Å². The molecule has 0 bridgehead atoms. The fraction of sp³-hybridized carbons (Fsp3) is 0.333. The molecule has 118 valence electrons. The molecule has 0 spiro atoms. The van der Waals surface area contributed by atoms with Crippen LogP contribution in [0, 0.1) is 0 Å². The maximum Gasteiger partial charge on any atom is 0.0770 e. The normalized spacial score (nSPS) is 25.3. The number of allylic oxidation sites excluding steroid dienone is 5. The molecule has 0 radical (unpaired) electrons. The lowest BCUT2D eigenvalue weighted by atomic mass is 9.81. The predicted molar refractivity (Wildman–Crippen MR) is 99.9 cm³/mol. The van der Waals surface area contributed by atoms with Gasteiger partial charge in [0.25, 0.3) is 0 Å². The number of hydrogen-bond acceptors (Lipinski definition) is 2. The van der Waals surface area contributed by atoms with E-state index in [1.807, 2.05) is 30.3 Å². The van der Waals surface area contributed by atoms with Crippen LogP contribution in [-0.2, 0) is 0 Å². The Labute approximate surface area is 139 Å². The summed E-state index contributed by atoms with van der Waals surface area (Å²) >= 11 is 0. The van der Waals surface area contributed by atoms with Gasteiger partial charge in [0.2, 0.25) is 0 Å². The van der Waals surface area contributed by atoms with Gasteiger partial charge in [-0.25, -0.2) is 4.99 Å². The molecule has 1 aliphatic heterocycles. The van der Waals surface area contributed by atoms with Gasteiger partial charge in [0.15, 0.2) is 0 Å². The van der Waals surface area contributed by atoms with Crippen molar-refractivity contribution in [2.75, 3.05) is 0 Å². The number of para-hydroxylation sites is 1. The Morgan fingerprint density at radius 3 is 2.48 bits per heavy atom. The number of benzene rings is 1. The highest BCUT2D eigenvalue weighted by molar-refractivity contribution is 6.26. The van der Waals surface area contributed by atoms with Crippen LogP contribution in [0.15, 0.2) is 75.3 Å². The predicted octanol–water partition coefficient (Wildman–Crippen LogP) is 5.61. The molecule has 1 aromatic carbocycles. The molecule has 1 aromatic rings. The summed E-state index contributed by atoms with van der Waals surface area (Å²) < 4.78 is 0. The fourth-order valence-electron chi connectivity index (χ4n) is 3.16. The number of dihydropyridines is 1. The van der Waals surface area contributed by atoms with Crippen LogP contribution in [0.25, 0.3) is 0 Å². The van der Waals surface area contributed by atoms with E-state index in [4.69, 9.17) is 9.98 Å². The molecule has 23 heavy (non-hydrogen) atoms. The van der Waals surface area contributed by atoms with Crippen LogP contribution in [-0.4, -0.2) is 17.0 Å². The molecule has 2 nitrogen and oxygen atoms in total. The molecule has 0 saturated heterocycles. The summed E-state index contributed by atoms with van der Waals surface area (Å²) in [5, 5.41) is 0. The monoisotopic (exact) mass is 304 g/mol. The summed E-state index contributed by atoms with van der Waals surface area (Å²) in [7, 11) is 0. The number of aliphatic imine (C=N–C) groups is 2. The van der Waals surface area contributed by atoms with E-state index in [2.05, 4.69) is 45.9 Å². The van der Waals surface area contributed by atoms with Gasteiger partial charge in [0.05, 0.1) is 22.6 Å². The van der Waals surface area contributed by atoms with Gasteiger partial charge >= 0.3 is 0 Å². The van der Waals surface area contributed by atoms with E-state index in [0.717, 1.165) is 30.0 Å². The average Bonchev–Trinajstić information content (AvgIpc) is 2.57. The molecule has 1 heterocycles. The first-order valence-electron chi connectivity index (χ1n) is 8.41. The van der Waals surface area contributed by atoms with Crippen LogP contribution in [0.2, 0.25) is 0 Å². The highest BCUT2D eigenvalue weighted by atomic mass is 14.9. The summed E-state index contributed by atoms with van der Waals surface area (Å²) in [6.45, 7) is 8.79. The molecule has 1 unspecified atom stereocenters. The highest BCUT2D eigenvalue weighted by Gasteiger charge is 2.29. The third-order valence-electron chi connectivity index (χ3n) is 4.70. The zero-order valence-electron chi connectivity index (χ0n) is 14.4. The third-order valence-corrected chi connectivity index (χ3v) is 4.70. The molecular weight excluding hydrogens is 280 g/mol. The second-order valence-electron chi connectivity index (χ2n) is 6.40. The molecule has 0 aromatic heterocycles. The van der Waals surface area contributed by atoms with Gasteiger partial charge in [-0.05, 0) is 62.1 Å². The number of nitrogens with zero attached hydrogens (tertiary/aromatic N) is 2. The van der Waals surface area contributed by atoms with E-state index in [1.165, 1.54) is 16.7 Å². The highest BCUT2D eigenvalue weighted by Crippen LogP contribution is 2.35. The van der Waals surface area contributed by atoms with Crippen molar-refractivity contribution in [2.45, 2.75) is 46.1 Å². The third kappa shape index (κ3) is 2.98. The van der Waals surface area contributed by atoms with Crippen LogP contribution in [0.5, 0.6) is 0 Å². The molecule has 2 heteroatoms. The summed E-state index contributed by atoms with van der Waals surface area (Å²) in [5.41, 5.74) is 6.94. The maximum absolute atomic E-state index is 4.98. The maximum atomic E-state index is 4.98. The van der Waals surface area contributed by atoms with Gasteiger partial charge in [0, 0.05) is 5.57 Å². The van der Waals surface area contributed by atoms with Crippen LogP contribution >= 0.6 is 0 Å². The minimum absolute atomic E-state index is 0.0805. The Morgan fingerprint density at radius 1 is 1.09 bits per heavy atom. The summed E-state index contributed by atoms with van der Waals surface area (Å²) in [5.74, 6) is 0. The molecule has 2 aliphatic rings. The van der Waals surface area contributed by atoms with E-state index < -0.39 is 0 Å². The average molecular weight is 304 g/mol. The van der Waals surface area contributed by atoms with E-state index >= 15 is 0 Å². The summed E-state index contributed by atoms with van der Waals surface area (Å²) in [6.07, 6.45) is 8.60. The number of hydrogen-bond donors (Lipinski definition) is 0. The van der Waals surface area contributed by atoms with Crippen molar-refractivity contribution in [2.24, 2.45) is 9.98 Å². The first-order valence-corrected chi connectivity index (χ1v) is 8.41. The molecule has 3 rings (SSSR count). The molecule has 0 saturated carbocycles. The minimum Gasteiger partial charge on any atom is -0.274 e. The van der Waals surface area contributed by atoms with Crippen molar-refractivity contribution < 1.29 is 0 Å². The zero-order chi connectivity index (χ0) is 16.4. The van der Waals surface area contributed by atoms with Crippen molar-refractivity contribution in [3.8, 4) is 0 Å². The largest absolute Gasteiger partial charge is 0.274 e. The van der Waals surface area contributed by atoms with Crippen molar-refractivity contribution in [3.05, 3.63) is 65.3 Å². The van der Waals surface area contributed by atoms with Gasteiger partial charge in [-0.2, -0.15) is 0 Å². The Bertz CT molecular complexity index is 760. The molecule has 1 aliphatic carbocycles. The van der Waals surface area contributed by atoms with Gasteiger partial charge in [-0.3, -0.25) is 4.99 Å². The Balaban J connectivity index is 2.09. The van der Waals surface area contributed by atoms with Crippen LogP contribution < -0.4 is 0 Å². The first kappa shape index (κ1) is 15.7. The van der Waals surface area contributed by atoms with Crippen LogP contribution in [0.4, 0.5) is 5.69 Å². The topological polar surface area (TPSA) is 24.7 Å². The second-order valence-corrected chi connectivity index (χ2v) is 6.40. The molecule has 1 atom stereocenters. The van der Waals surface area contributed by atoms with E-state index in [0.29, 0.717) is 0 Å². The minimum atomic E-state index is -0.0805. The van der Waals surface area contributed by atoms with Gasteiger partial charge in [-0.15, -0.1) is 0 Å². The van der Waals surface area contributed by atoms with Crippen molar-refractivity contribution in [1.29, 1.82) is 0 Å². The summed E-state index contributed by atoms with van der Waals surface area (Å²) in [6, 6.07) is 10.1. The van der Waals surface area contributed by atoms with E-state index in [1.54, 1.807) is 0 Å². The first-order chi connectivity index (χ1) is 11.1. The number of fused-ring (bicyclic) bond motifs is 1. The smallest absolute Gasteiger partial charge is 0.0770 e. The van der Waals surface area contributed by atoms with E-state index in [9.17, 15) is 0 Å². The molecule has 0 N–H and O–H groups in total. The second kappa shape index (κ2) is 6.11. The van der Waals surface area contributed by atoms with Crippen LogP contribution in [0.3, 0.4) is 0 Å². The summed E-state index contributed by atoms with van der Waals surface area (Å²) in [4.78, 5) is 9.79. The van der Waals surface area contributed by atoms with Crippen molar-refractivity contribution in [3.63, 3.8) is 0 Å². The Morgan fingerprint density at radius 2 is 1.83 bits per heavy atom. The molecular formula is C21H24N2. The zero-order valence-corrected chi connectivity index (χ0v) is 14.4. The van der Waals surface area contributed by atoms with Gasteiger partial charge in [-0.1, -0.05) is 38.1 Å². The number of rotatable bonds is 3. The van der Waals surface area contributed by atoms with E-state index in [-0.39, 0.29) is 5.54 Å². The standard InChI is InChI=1S/C21H24N2/c1-5-16-14-21(4,6-2)23-19-13-12-18(15(3)20(16)19)22-17-10-8-7-9-11-17/h7-14H,5-6H2,1-4H3. The SMILES string of the molecule is CCC1=CC(C)(CC)N=C2C=CC(=Nc3ccccc3)C(C)=C12. The lowest BCUT2D eigenvalue weighted by Crippen LogP contribution is -2.28. The molecule has 0 amide bonds.